The van der Waals surface area contributed by atoms with Gasteiger partial charge in [0, 0.05) is 12.7 Å². The van der Waals surface area contributed by atoms with Gasteiger partial charge in [0.1, 0.15) is 0 Å². The summed E-state index contributed by atoms with van der Waals surface area (Å²) in [7, 11) is -5.85. The van der Waals surface area contributed by atoms with E-state index < -0.39 is 43.6 Å². The van der Waals surface area contributed by atoms with Gasteiger partial charge in [-0.05, 0) is 29.8 Å². The molecule has 0 saturated carbocycles. The molecular formula is C15H10F6N2O3S. The van der Waals surface area contributed by atoms with Crippen LogP contribution in [0.15, 0.2) is 47.6 Å². The Morgan fingerprint density at radius 1 is 1.00 bits per heavy atom. The Hall–Kier alpha value is -2.63. The van der Waals surface area contributed by atoms with Crippen molar-refractivity contribution in [2.45, 2.75) is 23.3 Å². The third-order valence-electron chi connectivity index (χ3n) is 3.31. The number of amides is 1. The van der Waals surface area contributed by atoms with Gasteiger partial charge in [0.25, 0.3) is 15.7 Å². The number of hydrogen-bond acceptors (Lipinski definition) is 4. The Morgan fingerprint density at radius 3 is 2.11 bits per heavy atom. The Balaban J connectivity index is 2.21. The van der Waals surface area contributed by atoms with Crippen molar-refractivity contribution in [3.05, 3.63) is 59.3 Å². The average molecular weight is 412 g/mol. The number of carbonyl (C=O) groups excluding carboxylic acids is 1. The fraction of sp³-hybridized carbons (Fsp3) is 0.200. The van der Waals surface area contributed by atoms with Crippen molar-refractivity contribution < 1.29 is 39.6 Å². The molecule has 0 radical (unpaired) electrons. The number of carbonyl (C=O) groups is 1. The summed E-state index contributed by atoms with van der Waals surface area (Å²) in [5.74, 6) is -1.18. The van der Waals surface area contributed by atoms with Gasteiger partial charge in [-0.3, -0.25) is 4.79 Å². The van der Waals surface area contributed by atoms with E-state index in [4.69, 9.17) is 0 Å². The van der Waals surface area contributed by atoms with Crippen molar-refractivity contribution >= 4 is 15.7 Å². The number of alkyl halides is 6. The zero-order valence-electron chi connectivity index (χ0n) is 13.1. The van der Waals surface area contributed by atoms with Crippen LogP contribution < -0.4 is 5.32 Å². The first-order valence-electron chi connectivity index (χ1n) is 7.05. The van der Waals surface area contributed by atoms with Crippen LogP contribution in [-0.2, 0) is 22.6 Å². The summed E-state index contributed by atoms with van der Waals surface area (Å²) < 4.78 is 98.6. The third kappa shape index (κ3) is 4.56. The molecule has 1 aromatic carbocycles. The zero-order valence-corrected chi connectivity index (χ0v) is 13.9. The van der Waals surface area contributed by atoms with Crippen molar-refractivity contribution in [2.75, 3.05) is 0 Å². The molecule has 0 aliphatic rings. The van der Waals surface area contributed by atoms with Gasteiger partial charge in [0.15, 0.2) is 5.03 Å². The molecule has 1 N–H and O–H groups in total. The summed E-state index contributed by atoms with van der Waals surface area (Å²) in [6.07, 6.45) is -3.76. The van der Waals surface area contributed by atoms with Crippen molar-refractivity contribution in [1.82, 2.24) is 10.3 Å². The molecule has 1 heterocycles. The lowest BCUT2D eigenvalue weighted by Gasteiger charge is -2.12. The van der Waals surface area contributed by atoms with Crippen LogP contribution in [0.2, 0.25) is 0 Å². The summed E-state index contributed by atoms with van der Waals surface area (Å²) in [5.41, 5.74) is -7.17. The molecule has 27 heavy (non-hydrogen) atoms. The van der Waals surface area contributed by atoms with Crippen molar-refractivity contribution in [3.63, 3.8) is 0 Å². The highest BCUT2D eigenvalue weighted by atomic mass is 32.2. The van der Waals surface area contributed by atoms with Gasteiger partial charge in [-0.1, -0.05) is 12.1 Å². The normalized spacial score (nSPS) is 12.7. The molecule has 0 aliphatic heterocycles. The highest BCUT2D eigenvalue weighted by Crippen LogP contribution is 2.31. The summed E-state index contributed by atoms with van der Waals surface area (Å²) in [5, 5.41) is 0.689. The minimum Gasteiger partial charge on any atom is -0.348 e. The van der Waals surface area contributed by atoms with Crippen LogP contribution in [0.4, 0.5) is 26.3 Å². The first-order chi connectivity index (χ1) is 12.3. The maximum Gasteiger partial charge on any atom is 0.503 e. The van der Waals surface area contributed by atoms with E-state index in [1.807, 2.05) is 0 Å². The van der Waals surface area contributed by atoms with E-state index in [2.05, 4.69) is 10.3 Å². The Morgan fingerprint density at radius 2 is 1.59 bits per heavy atom. The van der Waals surface area contributed by atoms with E-state index in [9.17, 15) is 39.6 Å². The standard InChI is InChI=1S/C15H10F6N2O3S/c16-14(17,18)10-5-3-9(4-6-10)8-23-12(24)11-2-1-7-22-13(11)27(25,26)15(19,20)21/h1-7H,8H2,(H,23,24). The molecule has 0 aliphatic carbocycles. The molecule has 1 amide bonds. The predicted molar refractivity (Wildman–Crippen MR) is 80.1 cm³/mol. The number of halogens is 6. The Labute approximate surface area is 148 Å². The minimum absolute atomic E-state index is 0.223. The molecule has 5 nitrogen and oxygen atoms in total. The summed E-state index contributed by atoms with van der Waals surface area (Å²) in [6.45, 7) is -0.336. The second-order valence-corrected chi connectivity index (χ2v) is 7.04. The lowest BCUT2D eigenvalue weighted by atomic mass is 10.1. The monoisotopic (exact) mass is 412 g/mol. The van der Waals surface area contributed by atoms with Crippen molar-refractivity contribution in [1.29, 1.82) is 0 Å². The first kappa shape index (κ1) is 20.7. The minimum atomic E-state index is -5.85. The molecule has 1 aromatic heterocycles. The van der Waals surface area contributed by atoms with Crippen LogP contribution in [0.25, 0.3) is 0 Å². The van der Waals surface area contributed by atoms with Crippen LogP contribution in [-0.4, -0.2) is 24.8 Å². The van der Waals surface area contributed by atoms with Crippen LogP contribution in [0.3, 0.4) is 0 Å². The molecule has 0 unspecified atom stereocenters. The SMILES string of the molecule is O=C(NCc1ccc(C(F)(F)F)cc1)c1cccnc1S(=O)(=O)C(F)(F)F. The van der Waals surface area contributed by atoms with Gasteiger partial charge < -0.3 is 5.32 Å². The topological polar surface area (TPSA) is 76.1 Å². The molecule has 146 valence electrons. The fourth-order valence-corrected chi connectivity index (χ4v) is 2.85. The van der Waals surface area contributed by atoms with Crippen LogP contribution in [0.5, 0.6) is 0 Å². The molecule has 0 atom stereocenters. The van der Waals surface area contributed by atoms with Crippen LogP contribution in [0.1, 0.15) is 21.5 Å². The van der Waals surface area contributed by atoms with E-state index >= 15 is 0 Å². The van der Waals surface area contributed by atoms with Crippen molar-refractivity contribution in [2.24, 2.45) is 0 Å². The molecular weight excluding hydrogens is 402 g/mol. The number of nitrogens with zero attached hydrogens (tertiary/aromatic N) is 1. The van der Waals surface area contributed by atoms with Gasteiger partial charge in [-0.2, -0.15) is 26.3 Å². The van der Waals surface area contributed by atoms with Crippen LogP contribution >= 0.6 is 0 Å². The Kier molecular flexibility index (Phi) is 5.50. The van der Waals surface area contributed by atoms with Gasteiger partial charge in [0.2, 0.25) is 0 Å². The first-order valence-corrected chi connectivity index (χ1v) is 8.53. The molecule has 12 heteroatoms. The molecule has 0 fully saturated rings. The average Bonchev–Trinajstić information content (AvgIpc) is 2.58. The van der Waals surface area contributed by atoms with Crippen LogP contribution in [0, 0.1) is 0 Å². The van der Waals surface area contributed by atoms with Gasteiger partial charge in [-0.15, -0.1) is 0 Å². The van der Waals surface area contributed by atoms with Gasteiger partial charge in [0.05, 0.1) is 11.1 Å². The van der Waals surface area contributed by atoms with E-state index in [1.165, 1.54) is 0 Å². The number of rotatable bonds is 4. The lowest BCUT2D eigenvalue weighted by Crippen LogP contribution is -2.30. The Bertz CT molecular complexity index is 937. The predicted octanol–water partition coefficient (Wildman–Crippen LogP) is 3.32. The second-order valence-electron chi connectivity index (χ2n) is 5.18. The van der Waals surface area contributed by atoms with E-state index in [0.29, 0.717) is 0 Å². The highest BCUT2D eigenvalue weighted by Gasteiger charge is 2.49. The number of aromatic nitrogens is 1. The fourth-order valence-electron chi connectivity index (χ4n) is 1.98. The van der Waals surface area contributed by atoms with Crippen molar-refractivity contribution in [3.8, 4) is 0 Å². The van der Waals surface area contributed by atoms with E-state index in [0.717, 1.165) is 42.6 Å². The molecule has 0 bridgehead atoms. The maximum atomic E-state index is 12.7. The third-order valence-corrected chi connectivity index (χ3v) is 4.75. The summed E-state index contributed by atoms with van der Waals surface area (Å²) in [6, 6.07) is 5.59. The molecule has 2 rings (SSSR count). The maximum absolute atomic E-state index is 12.7. The quantitative estimate of drug-likeness (QED) is 0.782. The van der Waals surface area contributed by atoms with Gasteiger partial charge in [-0.25, -0.2) is 13.4 Å². The number of hydrogen-bond donors (Lipinski definition) is 1. The second kappa shape index (κ2) is 7.18. The molecule has 0 saturated heterocycles. The number of nitrogens with one attached hydrogen (secondary N) is 1. The summed E-state index contributed by atoms with van der Waals surface area (Å²) >= 11 is 0. The zero-order chi connectivity index (χ0) is 20.5. The molecule has 0 spiro atoms. The summed E-state index contributed by atoms with van der Waals surface area (Å²) in [4.78, 5) is 15.2. The smallest absolute Gasteiger partial charge is 0.348 e. The number of sulfone groups is 1. The van der Waals surface area contributed by atoms with E-state index in [-0.39, 0.29) is 12.1 Å². The molecule has 2 aromatic rings. The number of benzene rings is 1. The van der Waals surface area contributed by atoms with Gasteiger partial charge >= 0.3 is 11.7 Å². The number of pyridine rings is 1. The highest BCUT2D eigenvalue weighted by molar-refractivity contribution is 7.92. The van der Waals surface area contributed by atoms with E-state index in [1.54, 1.807) is 0 Å². The lowest BCUT2D eigenvalue weighted by molar-refractivity contribution is -0.137. The largest absolute Gasteiger partial charge is 0.503 e.